The molecule has 0 bridgehead atoms. The Balaban J connectivity index is 2.51. The van der Waals surface area contributed by atoms with E-state index < -0.39 is 18.4 Å². The van der Waals surface area contributed by atoms with Crippen molar-refractivity contribution in [1.82, 2.24) is 4.81 Å². The largest absolute Gasteiger partial charge is 0.481 e. The first-order valence-electron chi connectivity index (χ1n) is 4.61. The number of hydrogen-bond acceptors (Lipinski definition) is 3. The van der Waals surface area contributed by atoms with Gasteiger partial charge < -0.3 is 14.9 Å². The third kappa shape index (κ3) is 2.22. The Hall–Kier alpha value is -0.545. The van der Waals surface area contributed by atoms with Crippen molar-refractivity contribution in [2.24, 2.45) is 5.41 Å². The lowest BCUT2D eigenvalue weighted by Crippen LogP contribution is -2.48. The SMILES string of the molecule is CB(O)N1CCC(C)(C(=O)O)CC1. The van der Waals surface area contributed by atoms with Crippen molar-refractivity contribution in [2.75, 3.05) is 13.1 Å². The molecule has 0 saturated carbocycles. The summed E-state index contributed by atoms with van der Waals surface area (Å²) in [4.78, 5) is 12.8. The number of carbonyl (C=O) groups is 1. The lowest BCUT2D eigenvalue weighted by atomic mass is 9.75. The van der Waals surface area contributed by atoms with Gasteiger partial charge in [0.2, 0.25) is 0 Å². The highest BCUT2D eigenvalue weighted by Gasteiger charge is 2.38. The first-order valence-corrected chi connectivity index (χ1v) is 4.61. The Morgan fingerprint density at radius 2 is 1.92 bits per heavy atom. The fraction of sp³-hybridized carbons (Fsp3) is 0.875. The van der Waals surface area contributed by atoms with Crippen LogP contribution in [-0.2, 0) is 4.79 Å². The molecular weight excluding hydrogens is 169 g/mol. The van der Waals surface area contributed by atoms with Gasteiger partial charge in [0.05, 0.1) is 5.41 Å². The molecule has 1 heterocycles. The van der Waals surface area contributed by atoms with Crippen molar-refractivity contribution in [1.29, 1.82) is 0 Å². The fourth-order valence-corrected chi connectivity index (χ4v) is 1.61. The number of aliphatic carboxylic acids is 1. The van der Waals surface area contributed by atoms with Gasteiger partial charge in [-0.3, -0.25) is 4.79 Å². The number of rotatable bonds is 2. The number of piperidine rings is 1. The zero-order valence-corrected chi connectivity index (χ0v) is 8.16. The summed E-state index contributed by atoms with van der Waals surface area (Å²) in [6.07, 6.45) is 1.24. The minimum absolute atomic E-state index is 0.460. The molecule has 0 atom stereocenters. The van der Waals surface area contributed by atoms with Gasteiger partial charge >= 0.3 is 13.0 Å². The number of carboxylic acids is 1. The molecule has 1 saturated heterocycles. The quantitative estimate of drug-likeness (QED) is 0.606. The van der Waals surface area contributed by atoms with E-state index in [4.69, 9.17) is 5.11 Å². The summed E-state index contributed by atoms with van der Waals surface area (Å²) in [5.41, 5.74) is -0.592. The summed E-state index contributed by atoms with van der Waals surface area (Å²) in [6.45, 7) is 4.82. The molecule has 0 amide bonds. The summed E-state index contributed by atoms with van der Waals surface area (Å²) in [7, 11) is -0.460. The molecule has 0 aliphatic carbocycles. The molecule has 0 aromatic heterocycles. The second-order valence-corrected chi connectivity index (χ2v) is 4.03. The second kappa shape index (κ2) is 3.68. The fourth-order valence-electron chi connectivity index (χ4n) is 1.61. The Labute approximate surface area is 78.7 Å². The Bertz CT molecular complexity index is 200. The van der Waals surface area contributed by atoms with Crippen LogP contribution in [0, 0.1) is 5.41 Å². The Morgan fingerprint density at radius 3 is 2.23 bits per heavy atom. The van der Waals surface area contributed by atoms with Crippen LogP contribution in [0.5, 0.6) is 0 Å². The molecule has 1 rings (SSSR count). The van der Waals surface area contributed by atoms with Crippen molar-refractivity contribution in [3.05, 3.63) is 0 Å². The molecule has 1 fully saturated rings. The van der Waals surface area contributed by atoms with Crippen LogP contribution in [0.25, 0.3) is 0 Å². The van der Waals surface area contributed by atoms with E-state index in [9.17, 15) is 9.82 Å². The highest BCUT2D eigenvalue weighted by atomic mass is 16.4. The second-order valence-electron chi connectivity index (χ2n) is 4.03. The van der Waals surface area contributed by atoms with E-state index in [0.717, 1.165) is 0 Å². The monoisotopic (exact) mass is 185 g/mol. The van der Waals surface area contributed by atoms with Gasteiger partial charge in [-0.05, 0) is 39.7 Å². The molecule has 1 aliphatic heterocycles. The lowest BCUT2D eigenvalue weighted by Gasteiger charge is -2.36. The van der Waals surface area contributed by atoms with Gasteiger partial charge in [0, 0.05) is 0 Å². The molecule has 1 aliphatic rings. The molecule has 0 aromatic carbocycles. The van der Waals surface area contributed by atoms with E-state index in [1.807, 2.05) is 4.81 Å². The average Bonchev–Trinajstić information content (AvgIpc) is 2.04. The van der Waals surface area contributed by atoms with Gasteiger partial charge in [-0.2, -0.15) is 0 Å². The molecule has 2 N–H and O–H groups in total. The number of carboxylic acid groups (broad SMARTS) is 1. The van der Waals surface area contributed by atoms with Crippen LogP contribution in [0.3, 0.4) is 0 Å². The van der Waals surface area contributed by atoms with Crippen LogP contribution in [-0.4, -0.2) is 41.1 Å². The Morgan fingerprint density at radius 1 is 1.46 bits per heavy atom. The third-order valence-corrected chi connectivity index (χ3v) is 2.95. The van der Waals surface area contributed by atoms with E-state index in [2.05, 4.69) is 0 Å². The van der Waals surface area contributed by atoms with Gasteiger partial charge in [0.1, 0.15) is 0 Å². The lowest BCUT2D eigenvalue weighted by molar-refractivity contribution is -0.150. The Kier molecular flexibility index (Phi) is 2.98. The van der Waals surface area contributed by atoms with E-state index >= 15 is 0 Å². The maximum Gasteiger partial charge on any atom is 0.376 e. The summed E-state index contributed by atoms with van der Waals surface area (Å²) >= 11 is 0. The smallest absolute Gasteiger partial charge is 0.376 e. The van der Waals surface area contributed by atoms with Gasteiger partial charge in [-0.25, -0.2) is 0 Å². The molecule has 0 unspecified atom stereocenters. The summed E-state index contributed by atoms with van der Waals surface area (Å²) < 4.78 is 0. The highest BCUT2D eigenvalue weighted by molar-refractivity contribution is 6.45. The molecule has 0 radical (unpaired) electrons. The van der Waals surface area contributed by atoms with E-state index in [0.29, 0.717) is 25.9 Å². The molecule has 74 valence electrons. The summed E-state index contributed by atoms with van der Waals surface area (Å²) in [5.74, 6) is -0.724. The van der Waals surface area contributed by atoms with Crippen LogP contribution < -0.4 is 0 Å². The van der Waals surface area contributed by atoms with Crippen molar-refractivity contribution in [2.45, 2.75) is 26.6 Å². The van der Waals surface area contributed by atoms with Crippen LogP contribution in [0.1, 0.15) is 19.8 Å². The van der Waals surface area contributed by atoms with Gasteiger partial charge in [-0.15, -0.1) is 0 Å². The van der Waals surface area contributed by atoms with Gasteiger partial charge in [0.25, 0.3) is 0 Å². The molecule has 13 heavy (non-hydrogen) atoms. The molecular formula is C8H16BNO3. The van der Waals surface area contributed by atoms with Crippen LogP contribution >= 0.6 is 0 Å². The number of nitrogens with zero attached hydrogens (tertiary/aromatic N) is 1. The third-order valence-electron chi connectivity index (χ3n) is 2.95. The normalized spacial score (nSPS) is 22.7. The molecule has 0 aromatic rings. The summed E-state index contributed by atoms with van der Waals surface area (Å²) in [6, 6.07) is 0. The van der Waals surface area contributed by atoms with Crippen molar-refractivity contribution in [3.8, 4) is 0 Å². The molecule has 0 spiro atoms. The van der Waals surface area contributed by atoms with Gasteiger partial charge in [0.15, 0.2) is 0 Å². The maximum absolute atomic E-state index is 10.9. The maximum atomic E-state index is 10.9. The molecule has 5 heteroatoms. The zero-order chi connectivity index (χ0) is 10.1. The zero-order valence-electron chi connectivity index (χ0n) is 8.16. The average molecular weight is 185 g/mol. The van der Waals surface area contributed by atoms with E-state index in [1.165, 1.54) is 0 Å². The van der Waals surface area contributed by atoms with Crippen molar-refractivity contribution >= 4 is 13.0 Å². The molecule has 4 nitrogen and oxygen atoms in total. The topological polar surface area (TPSA) is 60.8 Å². The highest BCUT2D eigenvalue weighted by Crippen LogP contribution is 2.30. The predicted octanol–water partition coefficient (Wildman–Crippen LogP) is 0.283. The minimum Gasteiger partial charge on any atom is -0.481 e. The van der Waals surface area contributed by atoms with E-state index in [1.54, 1.807) is 13.7 Å². The first kappa shape index (κ1) is 10.5. The van der Waals surface area contributed by atoms with Crippen molar-refractivity contribution < 1.29 is 14.9 Å². The number of hydrogen-bond donors (Lipinski definition) is 2. The van der Waals surface area contributed by atoms with Gasteiger partial charge in [-0.1, -0.05) is 0 Å². The van der Waals surface area contributed by atoms with Crippen LogP contribution in [0.4, 0.5) is 0 Å². The predicted molar refractivity (Wildman–Crippen MR) is 50.4 cm³/mol. The summed E-state index contributed by atoms with van der Waals surface area (Å²) in [5, 5.41) is 18.2. The first-order chi connectivity index (χ1) is 5.96. The van der Waals surface area contributed by atoms with Crippen molar-refractivity contribution in [3.63, 3.8) is 0 Å². The van der Waals surface area contributed by atoms with Crippen LogP contribution in [0.2, 0.25) is 6.82 Å². The van der Waals surface area contributed by atoms with Crippen LogP contribution in [0.15, 0.2) is 0 Å². The van der Waals surface area contributed by atoms with E-state index in [-0.39, 0.29) is 0 Å². The minimum atomic E-state index is -0.724. The standard InChI is InChI=1S/C8H16BNO3/c1-8(7(11)12)3-5-10(6-4-8)9(2)13/h13H,3-6H2,1-2H3,(H,11,12).